The number of rotatable bonds is 8. The third kappa shape index (κ3) is 4.21. The molecule has 3 aromatic carbocycles. The maximum Gasteiger partial charge on any atom is 0.154 e. The Morgan fingerprint density at radius 3 is 2.12 bits per heavy atom. The molecule has 1 fully saturated rings. The first-order chi connectivity index (χ1) is 16.2. The average Bonchev–Trinajstić information content (AvgIpc) is 3.48. The zero-order chi connectivity index (χ0) is 22.8. The van der Waals surface area contributed by atoms with Gasteiger partial charge in [-0.1, -0.05) is 66.7 Å². The van der Waals surface area contributed by atoms with Gasteiger partial charge in [-0.05, 0) is 61.1 Å². The van der Waals surface area contributed by atoms with Crippen LogP contribution in [0.15, 0.2) is 90.6 Å². The highest BCUT2D eigenvalue weighted by atomic mass is 15.6. The topological polar surface area (TPSA) is 33.2 Å². The number of aromatic nitrogens is 2. The molecule has 2 atom stereocenters. The van der Waals surface area contributed by atoms with Crippen LogP contribution in [0.1, 0.15) is 53.0 Å². The summed E-state index contributed by atoms with van der Waals surface area (Å²) in [5.41, 5.74) is 7.33. The Morgan fingerprint density at radius 1 is 0.909 bits per heavy atom. The van der Waals surface area contributed by atoms with E-state index in [1.807, 2.05) is 12.3 Å². The van der Waals surface area contributed by atoms with E-state index in [2.05, 4.69) is 103 Å². The molecule has 0 spiro atoms. The minimum Gasteiger partial charge on any atom is -0.323 e. The smallest absolute Gasteiger partial charge is 0.154 e. The highest BCUT2D eigenvalue weighted by molar-refractivity contribution is 5.86. The van der Waals surface area contributed by atoms with Gasteiger partial charge in [0.05, 0.1) is 29.3 Å². The van der Waals surface area contributed by atoms with E-state index in [9.17, 15) is 0 Å². The summed E-state index contributed by atoms with van der Waals surface area (Å²) in [4.78, 5) is 4.95. The normalized spacial score (nSPS) is 17.7. The van der Waals surface area contributed by atoms with Gasteiger partial charge in [0, 0.05) is 6.54 Å². The van der Waals surface area contributed by atoms with Crippen LogP contribution in [-0.4, -0.2) is 20.8 Å². The fourth-order valence-electron chi connectivity index (χ4n) is 4.58. The molecule has 0 unspecified atom stereocenters. The molecule has 1 aliphatic heterocycles. The van der Waals surface area contributed by atoms with Crippen molar-refractivity contribution in [2.24, 2.45) is 5.10 Å². The van der Waals surface area contributed by atoms with Crippen molar-refractivity contribution in [2.45, 2.75) is 45.3 Å². The summed E-state index contributed by atoms with van der Waals surface area (Å²) >= 11 is 0. The van der Waals surface area contributed by atoms with Crippen molar-refractivity contribution >= 4 is 17.2 Å². The zero-order valence-electron chi connectivity index (χ0n) is 19.4. The highest BCUT2D eigenvalue weighted by Gasteiger charge is 2.49. The highest BCUT2D eigenvalue weighted by Crippen LogP contribution is 2.54. The molecule has 0 bridgehead atoms. The lowest BCUT2D eigenvalue weighted by Gasteiger charge is -2.07. The number of unbranched alkanes of at least 4 members (excludes halogenated alkanes) is 1. The third-order valence-corrected chi connectivity index (χ3v) is 6.55. The monoisotopic (exact) mass is 434 g/mol. The summed E-state index contributed by atoms with van der Waals surface area (Å²) in [5, 5.41) is 7.14. The predicted octanol–water partition coefficient (Wildman–Crippen LogP) is 6.75. The number of hydrogen-bond donors (Lipinski definition) is 0. The predicted molar refractivity (Wildman–Crippen MR) is 136 cm³/mol. The van der Waals surface area contributed by atoms with Crippen LogP contribution in [0.4, 0.5) is 0 Å². The number of hydrogen-bond acceptors (Lipinski definition) is 3. The van der Waals surface area contributed by atoms with Crippen LogP contribution in [0, 0.1) is 13.8 Å². The van der Waals surface area contributed by atoms with Gasteiger partial charge in [0.2, 0.25) is 0 Å². The summed E-state index contributed by atoms with van der Waals surface area (Å²) in [6, 6.07) is 26.2. The second kappa shape index (κ2) is 9.07. The summed E-state index contributed by atoms with van der Waals surface area (Å²) in [5.74, 6) is 0.907. The fraction of sp³-hybridized carbons (Fsp3) is 0.241. The van der Waals surface area contributed by atoms with Crippen molar-refractivity contribution in [3.05, 3.63) is 114 Å². The van der Waals surface area contributed by atoms with Crippen LogP contribution in [-0.2, 0) is 6.54 Å². The van der Waals surface area contributed by atoms with Gasteiger partial charge >= 0.3 is 0 Å². The Bertz CT molecular complexity index is 1240. The molecule has 2 heterocycles. The molecule has 1 aromatic heterocycles. The quantitative estimate of drug-likeness (QED) is 0.133. The van der Waals surface area contributed by atoms with Crippen LogP contribution in [0.3, 0.4) is 0 Å². The van der Waals surface area contributed by atoms with Crippen molar-refractivity contribution in [1.29, 1.82) is 0 Å². The molecule has 0 radical (unpaired) electrons. The van der Waals surface area contributed by atoms with Crippen molar-refractivity contribution < 1.29 is 0 Å². The molecule has 0 N–H and O–H groups in total. The lowest BCUT2D eigenvalue weighted by molar-refractivity contribution is 0.523. The molecule has 1 saturated heterocycles. The van der Waals surface area contributed by atoms with E-state index >= 15 is 0 Å². The number of allylic oxidation sites excluding steroid dienone is 1. The number of aryl methyl sites for hydroxylation is 3. The van der Waals surface area contributed by atoms with Gasteiger partial charge in [-0.2, -0.15) is 5.10 Å². The van der Waals surface area contributed by atoms with Gasteiger partial charge < -0.3 is 4.57 Å². The van der Waals surface area contributed by atoms with E-state index in [0.29, 0.717) is 0 Å². The van der Waals surface area contributed by atoms with Gasteiger partial charge in [-0.15, -0.1) is 6.58 Å². The lowest BCUT2D eigenvalue weighted by Crippen LogP contribution is -2.04. The Morgan fingerprint density at radius 2 is 1.52 bits per heavy atom. The van der Waals surface area contributed by atoms with Gasteiger partial charge in [0.25, 0.3) is 0 Å². The molecule has 4 heteroatoms. The van der Waals surface area contributed by atoms with Crippen molar-refractivity contribution in [1.82, 2.24) is 14.6 Å². The number of fused-ring (bicyclic) bond motifs is 1. The molecular weight excluding hydrogens is 404 g/mol. The molecule has 33 heavy (non-hydrogen) atoms. The summed E-state index contributed by atoms with van der Waals surface area (Å²) < 4.78 is 2.30. The Hall–Kier alpha value is -3.66. The van der Waals surface area contributed by atoms with Crippen molar-refractivity contribution in [3.63, 3.8) is 0 Å². The van der Waals surface area contributed by atoms with Crippen LogP contribution >= 0.6 is 0 Å². The number of benzene rings is 3. The summed E-state index contributed by atoms with van der Waals surface area (Å²) in [6.07, 6.45) is 5.94. The molecule has 5 rings (SSSR count). The first kappa shape index (κ1) is 21.2. The van der Waals surface area contributed by atoms with Crippen LogP contribution < -0.4 is 0 Å². The standard InChI is InChI=1S/C29H30N4/c1-4-5-12-17-32-26-19-22(3)21(2)18-25(26)31-27(32)20-30-33-28(23-13-8-6-9-14-23)29(33)24-15-10-7-11-16-24/h4,6-11,13-16,18-20,28-29H,1,5,12,17H2,2-3H3/b30-20+/t28-,29-/m0/s1. The SMILES string of the molecule is C=CCCCn1c(/C=N/N2[C@@H](c3ccccc3)[C@@H]2c2ccccc2)nc2cc(C)c(C)cc21. The second-order valence-electron chi connectivity index (χ2n) is 8.81. The minimum atomic E-state index is 0.243. The van der Waals surface area contributed by atoms with E-state index in [4.69, 9.17) is 10.1 Å². The van der Waals surface area contributed by atoms with Gasteiger partial charge in [0.15, 0.2) is 5.82 Å². The van der Waals surface area contributed by atoms with E-state index in [0.717, 1.165) is 30.7 Å². The molecule has 4 nitrogen and oxygen atoms in total. The second-order valence-corrected chi connectivity index (χ2v) is 8.81. The third-order valence-electron chi connectivity index (χ3n) is 6.55. The van der Waals surface area contributed by atoms with Crippen molar-refractivity contribution in [3.8, 4) is 0 Å². The number of imidazole rings is 1. The Balaban J connectivity index is 1.50. The number of nitrogens with zero attached hydrogens (tertiary/aromatic N) is 4. The molecule has 0 amide bonds. The molecular formula is C29H30N4. The molecule has 166 valence electrons. The summed E-state index contributed by atoms with van der Waals surface area (Å²) in [6.45, 7) is 9.08. The van der Waals surface area contributed by atoms with E-state index < -0.39 is 0 Å². The Labute approximate surface area is 195 Å². The first-order valence-electron chi connectivity index (χ1n) is 11.7. The molecule has 0 saturated carbocycles. The Kier molecular flexibility index (Phi) is 5.82. The fourth-order valence-corrected chi connectivity index (χ4v) is 4.58. The van der Waals surface area contributed by atoms with E-state index in [1.54, 1.807) is 0 Å². The minimum absolute atomic E-state index is 0.243. The van der Waals surface area contributed by atoms with Gasteiger partial charge in [-0.3, -0.25) is 5.01 Å². The average molecular weight is 435 g/mol. The largest absolute Gasteiger partial charge is 0.323 e. The van der Waals surface area contributed by atoms with E-state index in [-0.39, 0.29) is 12.1 Å². The molecule has 1 aliphatic rings. The van der Waals surface area contributed by atoms with E-state index in [1.165, 1.54) is 27.8 Å². The first-order valence-corrected chi connectivity index (χ1v) is 11.7. The van der Waals surface area contributed by atoms with Gasteiger partial charge in [0.1, 0.15) is 0 Å². The lowest BCUT2D eigenvalue weighted by atomic mass is 10.0. The van der Waals surface area contributed by atoms with Crippen molar-refractivity contribution in [2.75, 3.05) is 0 Å². The van der Waals surface area contributed by atoms with Gasteiger partial charge in [-0.25, -0.2) is 4.98 Å². The van der Waals surface area contributed by atoms with Crippen LogP contribution in [0.2, 0.25) is 0 Å². The molecule has 4 aromatic rings. The zero-order valence-corrected chi connectivity index (χ0v) is 19.4. The van der Waals surface area contributed by atoms with Crippen LogP contribution in [0.25, 0.3) is 11.0 Å². The molecule has 0 aliphatic carbocycles. The van der Waals surface area contributed by atoms with Crippen LogP contribution in [0.5, 0.6) is 0 Å². The summed E-state index contributed by atoms with van der Waals surface area (Å²) in [7, 11) is 0. The maximum absolute atomic E-state index is 4.96. The number of hydrazone groups is 1. The maximum atomic E-state index is 4.96.